The number of methoxy groups -OCH3 is 1. The predicted octanol–water partition coefficient (Wildman–Crippen LogP) is 1.76. The largest absolute Gasteiger partial charge is 0.469 e. The molecule has 0 aromatic carbocycles. The minimum absolute atomic E-state index is 0. The molecule has 2 fully saturated rings. The molecule has 0 unspecified atom stereocenters. The van der Waals surface area contributed by atoms with E-state index in [1.165, 1.54) is 26.4 Å². The lowest BCUT2D eigenvalue weighted by Gasteiger charge is -2.33. The lowest BCUT2D eigenvalue weighted by atomic mass is 9.89. The number of ether oxygens (including phenoxy) is 1. The van der Waals surface area contributed by atoms with Crippen molar-refractivity contribution in [3.8, 4) is 0 Å². The molecule has 0 bridgehead atoms. The van der Waals surface area contributed by atoms with E-state index in [4.69, 9.17) is 4.74 Å². The van der Waals surface area contributed by atoms with Gasteiger partial charge in [-0.05, 0) is 25.7 Å². The quantitative estimate of drug-likeness (QED) is 0.206. The normalized spacial score (nSPS) is 19.5. The molecule has 8 heteroatoms. The van der Waals surface area contributed by atoms with E-state index in [9.17, 15) is 9.59 Å². The van der Waals surface area contributed by atoms with Crippen LogP contribution in [0, 0.1) is 11.8 Å². The number of carbonyl (C=O) groups excluding carboxylic acids is 2. The average Bonchev–Trinajstić information content (AvgIpc) is 2.68. The van der Waals surface area contributed by atoms with Gasteiger partial charge in [-0.1, -0.05) is 19.3 Å². The van der Waals surface area contributed by atoms with E-state index < -0.39 is 0 Å². The maximum Gasteiger partial charge on any atom is 0.308 e. The van der Waals surface area contributed by atoms with E-state index in [1.54, 1.807) is 7.05 Å². The smallest absolute Gasteiger partial charge is 0.308 e. The molecule has 0 aromatic rings. The summed E-state index contributed by atoms with van der Waals surface area (Å²) in [4.78, 5) is 30.2. The molecule has 1 amide bonds. The van der Waals surface area contributed by atoms with Gasteiger partial charge in [0.1, 0.15) is 0 Å². The minimum atomic E-state index is -0.118. The third-order valence-corrected chi connectivity index (χ3v) is 5.22. The highest BCUT2D eigenvalue weighted by molar-refractivity contribution is 14.0. The average molecular weight is 480 g/mol. The van der Waals surface area contributed by atoms with Crippen LogP contribution in [0.2, 0.25) is 0 Å². The summed E-state index contributed by atoms with van der Waals surface area (Å²) in [5, 5.41) is 6.33. The van der Waals surface area contributed by atoms with E-state index in [1.807, 2.05) is 0 Å². The van der Waals surface area contributed by atoms with E-state index in [2.05, 4.69) is 20.5 Å². The van der Waals surface area contributed by atoms with Crippen LogP contribution in [0.25, 0.3) is 0 Å². The molecule has 0 aromatic heterocycles. The third-order valence-electron chi connectivity index (χ3n) is 5.22. The van der Waals surface area contributed by atoms with Crippen molar-refractivity contribution in [2.75, 3.05) is 40.3 Å². The van der Waals surface area contributed by atoms with Crippen LogP contribution in [0.3, 0.4) is 0 Å². The monoisotopic (exact) mass is 480 g/mol. The van der Waals surface area contributed by atoms with Gasteiger partial charge in [0.25, 0.3) is 0 Å². The summed E-state index contributed by atoms with van der Waals surface area (Å²) in [5.41, 5.74) is 0. The number of hydrogen-bond acceptors (Lipinski definition) is 4. The summed E-state index contributed by atoms with van der Waals surface area (Å²) >= 11 is 0. The van der Waals surface area contributed by atoms with Gasteiger partial charge >= 0.3 is 5.97 Å². The van der Waals surface area contributed by atoms with Crippen LogP contribution in [0.5, 0.6) is 0 Å². The maximum atomic E-state index is 12.1. The Kier molecular flexibility index (Phi) is 10.9. The first-order valence-electron chi connectivity index (χ1n) is 9.46. The van der Waals surface area contributed by atoms with Crippen LogP contribution in [0.15, 0.2) is 4.99 Å². The van der Waals surface area contributed by atoms with Gasteiger partial charge in [0, 0.05) is 39.1 Å². The standard InChI is InChI=1S/C18H32N4O3.HI/c1-19-18(22-12-8-15(9-13-22)17(24)25-2)21-11-10-20-16(23)14-6-4-3-5-7-14;/h14-15H,3-13H2,1-2H3,(H,19,21)(H,20,23);1H. The second kappa shape index (κ2) is 12.3. The number of likely N-dealkylation sites (tertiary alicyclic amines) is 1. The van der Waals surface area contributed by atoms with Crippen molar-refractivity contribution < 1.29 is 14.3 Å². The molecule has 2 rings (SSSR count). The Labute approximate surface area is 173 Å². The summed E-state index contributed by atoms with van der Waals surface area (Å²) in [6, 6.07) is 0. The molecule has 2 aliphatic rings. The summed E-state index contributed by atoms with van der Waals surface area (Å²) < 4.78 is 4.82. The second-order valence-corrected chi connectivity index (χ2v) is 6.88. The van der Waals surface area contributed by atoms with Crippen molar-refractivity contribution in [1.82, 2.24) is 15.5 Å². The SMILES string of the molecule is CN=C(NCCNC(=O)C1CCCCC1)N1CCC(C(=O)OC)CC1.I. The molecule has 1 saturated heterocycles. The molecule has 1 aliphatic carbocycles. The Balaban J connectivity index is 0.00000338. The first-order valence-corrected chi connectivity index (χ1v) is 9.46. The predicted molar refractivity (Wildman–Crippen MR) is 113 cm³/mol. The van der Waals surface area contributed by atoms with E-state index in [0.29, 0.717) is 13.1 Å². The Bertz CT molecular complexity index is 473. The van der Waals surface area contributed by atoms with Crippen LogP contribution >= 0.6 is 24.0 Å². The Morgan fingerprint density at radius 1 is 1.00 bits per heavy atom. The number of carbonyl (C=O) groups is 2. The zero-order valence-corrected chi connectivity index (χ0v) is 18.3. The molecule has 7 nitrogen and oxygen atoms in total. The molecule has 1 aliphatic heterocycles. The van der Waals surface area contributed by atoms with Crippen molar-refractivity contribution >= 4 is 41.8 Å². The summed E-state index contributed by atoms with van der Waals surface area (Å²) in [6.07, 6.45) is 7.22. The highest BCUT2D eigenvalue weighted by atomic mass is 127. The molecule has 1 saturated carbocycles. The van der Waals surface area contributed by atoms with Gasteiger partial charge in [0.05, 0.1) is 13.0 Å². The number of hydrogen-bond donors (Lipinski definition) is 2. The molecule has 26 heavy (non-hydrogen) atoms. The highest BCUT2D eigenvalue weighted by Gasteiger charge is 2.27. The molecule has 0 atom stereocenters. The van der Waals surface area contributed by atoms with Crippen LogP contribution < -0.4 is 10.6 Å². The van der Waals surface area contributed by atoms with Gasteiger partial charge in [-0.15, -0.1) is 24.0 Å². The summed E-state index contributed by atoms with van der Waals surface area (Å²) in [6.45, 7) is 2.83. The number of amides is 1. The van der Waals surface area contributed by atoms with Crippen LogP contribution in [0.4, 0.5) is 0 Å². The van der Waals surface area contributed by atoms with Crippen LogP contribution in [-0.2, 0) is 14.3 Å². The van der Waals surface area contributed by atoms with Crippen molar-refractivity contribution in [2.45, 2.75) is 44.9 Å². The topological polar surface area (TPSA) is 83.0 Å². The number of piperidine rings is 1. The fraction of sp³-hybridized carbons (Fsp3) is 0.833. The van der Waals surface area contributed by atoms with Gasteiger partial charge < -0.3 is 20.3 Å². The molecule has 150 valence electrons. The number of guanidine groups is 1. The number of aliphatic imine (C=N–C) groups is 1. The van der Waals surface area contributed by atoms with Crippen LogP contribution in [-0.4, -0.2) is 63.1 Å². The fourth-order valence-electron chi connectivity index (χ4n) is 3.70. The minimum Gasteiger partial charge on any atom is -0.469 e. The van der Waals surface area contributed by atoms with E-state index in [0.717, 1.165) is 44.7 Å². The summed E-state index contributed by atoms with van der Waals surface area (Å²) in [5.74, 6) is 1.10. The van der Waals surface area contributed by atoms with Gasteiger partial charge in [-0.3, -0.25) is 14.6 Å². The van der Waals surface area contributed by atoms with E-state index >= 15 is 0 Å². The van der Waals surface area contributed by atoms with Gasteiger partial charge in [-0.2, -0.15) is 0 Å². The van der Waals surface area contributed by atoms with Crippen molar-refractivity contribution in [3.05, 3.63) is 0 Å². The molecule has 0 spiro atoms. The van der Waals surface area contributed by atoms with Crippen molar-refractivity contribution in [3.63, 3.8) is 0 Å². The third kappa shape index (κ3) is 6.92. The fourth-order valence-corrected chi connectivity index (χ4v) is 3.70. The number of esters is 1. The first kappa shape index (κ1) is 23.0. The van der Waals surface area contributed by atoms with Crippen molar-refractivity contribution in [1.29, 1.82) is 0 Å². The highest BCUT2D eigenvalue weighted by Crippen LogP contribution is 2.23. The first-order chi connectivity index (χ1) is 12.2. The number of halogens is 1. The Morgan fingerprint density at radius 2 is 1.62 bits per heavy atom. The molecule has 2 N–H and O–H groups in total. The van der Waals surface area contributed by atoms with E-state index in [-0.39, 0.29) is 47.7 Å². The molecular formula is C18H33IN4O3. The van der Waals surface area contributed by atoms with Gasteiger partial charge in [0.2, 0.25) is 5.91 Å². The zero-order chi connectivity index (χ0) is 18.1. The maximum absolute atomic E-state index is 12.1. The Morgan fingerprint density at radius 3 is 2.19 bits per heavy atom. The Hall–Kier alpha value is -1.06. The summed E-state index contributed by atoms with van der Waals surface area (Å²) in [7, 11) is 3.20. The number of rotatable bonds is 5. The molecule has 1 heterocycles. The molecule has 0 radical (unpaired) electrons. The van der Waals surface area contributed by atoms with Crippen molar-refractivity contribution in [2.24, 2.45) is 16.8 Å². The van der Waals surface area contributed by atoms with Gasteiger partial charge in [-0.25, -0.2) is 0 Å². The number of nitrogens with one attached hydrogen (secondary N) is 2. The van der Waals surface area contributed by atoms with Gasteiger partial charge in [0.15, 0.2) is 5.96 Å². The zero-order valence-electron chi connectivity index (χ0n) is 16.0. The number of nitrogens with zero attached hydrogens (tertiary/aromatic N) is 2. The molecular weight excluding hydrogens is 447 g/mol. The van der Waals surface area contributed by atoms with Crippen LogP contribution in [0.1, 0.15) is 44.9 Å². The lowest BCUT2D eigenvalue weighted by Crippen LogP contribution is -2.48. The lowest BCUT2D eigenvalue weighted by molar-refractivity contribution is -0.146. The second-order valence-electron chi connectivity index (χ2n) is 6.88.